The molecule has 3 heteroatoms. The lowest BCUT2D eigenvalue weighted by molar-refractivity contribution is 0.231. The number of nitrogens with two attached hydrogens (primary N) is 1. The summed E-state index contributed by atoms with van der Waals surface area (Å²) in [7, 11) is 0. The summed E-state index contributed by atoms with van der Waals surface area (Å²) in [4.78, 5) is 2.52. The number of phenolic OH excluding ortho intramolecular Hbond substituents is 1. The van der Waals surface area contributed by atoms with Crippen LogP contribution in [0.3, 0.4) is 0 Å². The number of rotatable bonds is 4. The summed E-state index contributed by atoms with van der Waals surface area (Å²) in [5, 5.41) is 9.33. The Balaban J connectivity index is 2.08. The fourth-order valence-electron chi connectivity index (χ4n) is 2.74. The maximum absolute atomic E-state index is 9.33. The zero-order valence-electron chi connectivity index (χ0n) is 10.5. The number of benzene rings is 1. The fraction of sp³-hybridized carbons (Fsp3) is 0.571. The molecule has 0 radical (unpaired) electrons. The molecule has 0 saturated carbocycles. The second kappa shape index (κ2) is 5.52. The predicted molar refractivity (Wildman–Crippen MR) is 69.9 cm³/mol. The molecule has 0 aromatic heterocycles. The highest BCUT2D eigenvalue weighted by molar-refractivity contribution is 5.28. The second-order valence-corrected chi connectivity index (χ2v) is 4.90. The van der Waals surface area contributed by atoms with Crippen LogP contribution >= 0.6 is 0 Å². The van der Waals surface area contributed by atoms with Crippen molar-refractivity contribution in [3.63, 3.8) is 0 Å². The summed E-state index contributed by atoms with van der Waals surface area (Å²) in [5.74, 6) is 0.992. The van der Waals surface area contributed by atoms with Crippen molar-refractivity contribution in [2.24, 2.45) is 11.7 Å². The Kier molecular flexibility index (Phi) is 4.02. The molecule has 0 spiro atoms. The van der Waals surface area contributed by atoms with Crippen LogP contribution in [0.25, 0.3) is 0 Å². The lowest BCUT2D eigenvalue weighted by Crippen LogP contribution is -2.27. The van der Waals surface area contributed by atoms with E-state index < -0.39 is 0 Å². The number of likely N-dealkylation sites (tertiary alicyclic amines) is 1. The molecule has 94 valence electrons. The average molecular weight is 234 g/mol. The lowest BCUT2D eigenvalue weighted by atomic mass is 10.0. The van der Waals surface area contributed by atoms with Gasteiger partial charge in [0.05, 0.1) is 0 Å². The number of phenols is 1. The van der Waals surface area contributed by atoms with Gasteiger partial charge < -0.3 is 10.8 Å². The van der Waals surface area contributed by atoms with Crippen molar-refractivity contribution in [3.8, 4) is 5.75 Å². The van der Waals surface area contributed by atoms with Crippen molar-refractivity contribution >= 4 is 0 Å². The molecule has 1 saturated heterocycles. The number of hydrogen-bond acceptors (Lipinski definition) is 3. The Bertz CT molecular complexity index is 350. The third kappa shape index (κ3) is 2.79. The molecular formula is C14H22N2O. The van der Waals surface area contributed by atoms with Gasteiger partial charge in [-0.25, -0.2) is 0 Å². The topological polar surface area (TPSA) is 49.5 Å². The summed E-state index contributed by atoms with van der Waals surface area (Å²) in [6.07, 6.45) is 2.31. The highest BCUT2D eigenvalue weighted by Gasteiger charge is 2.27. The molecule has 1 fully saturated rings. The molecule has 0 bridgehead atoms. The lowest BCUT2D eigenvalue weighted by Gasteiger charge is -2.27. The standard InChI is InChI=1S/C14H22N2O/c1-2-14(12-3-5-13(17)6-4-12)16-8-7-11(9-15)10-16/h3-6,11,14,17H,2,7-10,15H2,1H3. The van der Waals surface area contributed by atoms with E-state index in [1.54, 1.807) is 12.1 Å². The summed E-state index contributed by atoms with van der Waals surface area (Å²) in [6, 6.07) is 8.06. The van der Waals surface area contributed by atoms with Crippen LogP contribution in [0.4, 0.5) is 0 Å². The van der Waals surface area contributed by atoms with Crippen molar-refractivity contribution < 1.29 is 5.11 Å². The molecule has 1 aromatic carbocycles. The molecule has 0 aliphatic carbocycles. The molecule has 3 nitrogen and oxygen atoms in total. The molecular weight excluding hydrogens is 212 g/mol. The van der Waals surface area contributed by atoms with Crippen molar-refractivity contribution in [1.82, 2.24) is 4.90 Å². The van der Waals surface area contributed by atoms with Crippen LogP contribution < -0.4 is 5.73 Å². The van der Waals surface area contributed by atoms with E-state index in [4.69, 9.17) is 5.73 Å². The van der Waals surface area contributed by atoms with Gasteiger partial charge in [-0.15, -0.1) is 0 Å². The van der Waals surface area contributed by atoms with Gasteiger partial charge in [0, 0.05) is 12.6 Å². The third-order valence-corrected chi connectivity index (χ3v) is 3.76. The normalized spacial score (nSPS) is 22.8. The molecule has 3 N–H and O–H groups in total. The highest BCUT2D eigenvalue weighted by Crippen LogP contribution is 2.30. The van der Waals surface area contributed by atoms with Crippen LogP contribution in [-0.4, -0.2) is 29.6 Å². The van der Waals surface area contributed by atoms with E-state index in [2.05, 4.69) is 11.8 Å². The van der Waals surface area contributed by atoms with Crippen molar-refractivity contribution in [2.45, 2.75) is 25.8 Å². The van der Waals surface area contributed by atoms with Gasteiger partial charge in [-0.1, -0.05) is 19.1 Å². The Hall–Kier alpha value is -1.06. The Morgan fingerprint density at radius 1 is 1.41 bits per heavy atom. The van der Waals surface area contributed by atoms with Crippen molar-refractivity contribution in [2.75, 3.05) is 19.6 Å². The Morgan fingerprint density at radius 2 is 2.12 bits per heavy atom. The molecule has 2 unspecified atom stereocenters. The molecule has 17 heavy (non-hydrogen) atoms. The number of hydrogen-bond donors (Lipinski definition) is 2. The Labute approximate surface area is 103 Å². The van der Waals surface area contributed by atoms with E-state index in [1.165, 1.54) is 12.0 Å². The van der Waals surface area contributed by atoms with E-state index in [1.807, 2.05) is 12.1 Å². The molecule has 1 aliphatic rings. The monoisotopic (exact) mass is 234 g/mol. The quantitative estimate of drug-likeness (QED) is 0.839. The summed E-state index contributed by atoms with van der Waals surface area (Å²) in [5.41, 5.74) is 7.03. The fourth-order valence-corrected chi connectivity index (χ4v) is 2.74. The van der Waals surface area contributed by atoms with E-state index in [-0.39, 0.29) is 0 Å². The largest absolute Gasteiger partial charge is 0.508 e. The molecule has 0 amide bonds. The minimum atomic E-state index is 0.338. The maximum atomic E-state index is 9.33. The van der Waals surface area contributed by atoms with Gasteiger partial charge in [-0.2, -0.15) is 0 Å². The van der Waals surface area contributed by atoms with Crippen molar-refractivity contribution in [3.05, 3.63) is 29.8 Å². The smallest absolute Gasteiger partial charge is 0.115 e. The average Bonchev–Trinajstić information content (AvgIpc) is 2.81. The van der Waals surface area contributed by atoms with Crippen LogP contribution in [0, 0.1) is 5.92 Å². The first kappa shape index (κ1) is 12.4. The SMILES string of the molecule is CCC(c1ccc(O)cc1)N1CCC(CN)C1. The predicted octanol–water partition coefficient (Wildman–Crippen LogP) is 2.12. The minimum Gasteiger partial charge on any atom is -0.508 e. The molecule has 2 rings (SSSR count). The molecule has 1 aromatic rings. The van der Waals surface area contributed by atoms with Gasteiger partial charge in [0.15, 0.2) is 0 Å². The zero-order chi connectivity index (χ0) is 12.3. The minimum absolute atomic E-state index is 0.338. The first-order chi connectivity index (χ1) is 8.24. The molecule has 2 atom stereocenters. The summed E-state index contributed by atoms with van der Waals surface area (Å²) in [6.45, 7) is 5.26. The summed E-state index contributed by atoms with van der Waals surface area (Å²) >= 11 is 0. The second-order valence-electron chi connectivity index (χ2n) is 4.90. The van der Waals surface area contributed by atoms with Gasteiger partial charge in [-0.05, 0) is 49.5 Å². The third-order valence-electron chi connectivity index (χ3n) is 3.76. The van der Waals surface area contributed by atoms with Crippen LogP contribution in [0.15, 0.2) is 24.3 Å². The van der Waals surface area contributed by atoms with Crippen LogP contribution in [0.5, 0.6) is 5.75 Å². The first-order valence-electron chi connectivity index (χ1n) is 6.47. The number of nitrogens with zero attached hydrogens (tertiary/aromatic N) is 1. The van der Waals surface area contributed by atoms with Gasteiger partial charge in [-0.3, -0.25) is 4.90 Å². The highest BCUT2D eigenvalue weighted by atomic mass is 16.3. The van der Waals surface area contributed by atoms with Gasteiger partial charge in [0.2, 0.25) is 0 Å². The number of aromatic hydroxyl groups is 1. The van der Waals surface area contributed by atoms with Crippen LogP contribution in [0.2, 0.25) is 0 Å². The van der Waals surface area contributed by atoms with Crippen molar-refractivity contribution in [1.29, 1.82) is 0 Å². The molecule has 1 aliphatic heterocycles. The van der Waals surface area contributed by atoms with E-state index in [9.17, 15) is 5.11 Å². The van der Waals surface area contributed by atoms with Gasteiger partial charge in [0.25, 0.3) is 0 Å². The molecule has 1 heterocycles. The van der Waals surface area contributed by atoms with E-state index in [0.717, 1.165) is 26.1 Å². The zero-order valence-corrected chi connectivity index (χ0v) is 10.5. The maximum Gasteiger partial charge on any atom is 0.115 e. The van der Waals surface area contributed by atoms with Gasteiger partial charge in [0.1, 0.15) is 5.75 Å². The van der Waals surface area contributed by atoms with E-state index >= 15 is 0 Å². The van der Waals surface area contributed by atoms with Gasteiger partial charge >= 0.3 is 0 Å². The Morgan fingerprint density at radius 3 is 2.65 bits per heavy atom. The first-order valence-corrected chi connectivity index (χ1v) is 6.47. The van der Waals surface area contributed by atoms with Crippen LogP contribution in [0.1, 0.15) is 31.4 Å². The van der Waals surface area contributed by atoms with Crippen LogP contribution in [-0.2, 0) is 0 Å². The van der Waals surface area contributed by atoms with E-state index in [0.29, 0.717) is 17.7 Å². The summed E-state index contributed by atoms with van der Waals surface area (Å²) < 4.78 is 0.